The van der Waals surface area contributed by atoms with Gasteiger partial charge in [-0.2, -0.15) is 0 Å². The molecule has 52 heavy (non-hydrogen) atoms. The third kappa shape index (κ3) is 10.2. The molecule has 2 fully saturated rings. The maximum absolute atomic E-state index is 12.7. The van der Waals surface area contributed by atoms with E-state index in [9.17, 15) is 28.8 Å². The number of fused-ring (bicyclic) bond motifs is 1. The van der Waals surface area contributed by atoms with Crippen molar-refractivity contribution in [2.45, 2.75) is 44.2 Å². The third-order valence-electron chi connectivity index (χ3n) is 7.60. The summed E-state index contributed by atoms with van der Waals surface area (Å²) in [7, 11) is 0. The number of benzene rings is 3. The Bertz CT molecular complexity index is 1770. The van der Waals surface area contributed by atoms with Gasteiger partial charge in [0.05, 0.1) is 43.1 Å². The van der Waals surface area contributed by atoms with Crippen LogP contribution >= 0.6 is 0 Å². The number of esters is 5. The highest BCUT2D eigenvalue weighted by atomic mass is 16.7. The smallest absolute Gasteiger partial charge is 0.463 e. The molecule has 3 aromatic rings. The summed E-state index contributed by atoms with van der Waals surface area (Å²) >= 11 is 0. The Labute approximate surface area is 297 Å². The summed E-state index contributed by atoms with van der Waals surface area (Å²) in [4.78, 5) is 72.2. The zero-order valence-electron chi connectivity index (χ0n) is 27.9. The molecule has 2 heterocycles. The number of hydrogen-bond donors (Lipinski definition) is 0. The molecule has 2 aliphatic heterocycles. The average Bonchev–Trinajstić information content (AvgIpc) is 3.72. The zero-order chi connectivity index (χ0) is 37.0. The first-order valence-electron chi connectivity index (χ1n) is 16.1. The molecular formula is C37H34O15. The summed E-state index contributed by atoms with van der Waals surface area (Å²) in [6.45, 7) is 5.07. The molecular weight excluding hydrogens is 684 g/mol. The number of hydrogen-bond acceptors (Lipinski definition) is 15. The number of rotatable bonds is 14. The lowest BCUT2D eigenvalue weighted by Crippen LogP contribution is -2.35. The van der Waals surface area contributed by atoms with Gasteiger partial charge in [0.2, 0.25) is 0 Å². The highest BCUT2D eigenvalue weighted by Crippen LogP contribution is 2.31. The van der Waals surface area contributed by atoms with Crippen molar-refractivity contribution in [1.29, 1.82) is 0 Å². The average molecular weight is 719 g/mol. The number of carbonyl (C=O) groups is 6. The van der Waals surface area contributed by atoms with Crippen LogP contribution in [0.15, 0.2) is 85.5 Å². The summed E-state index contributed by atoms with van der Waals surface area (Å²) in [5.74, 6) is -2.51. The molecule has 0 aliphatic carbocycles. The van der Waals surface area contributed by atoms with Gasteiger partial charge in [0, 0.05) is 13.0 Å². The summed E-state index contributed by atoms with van der Waals surface area (Å²) in [5, 5.41) is 0. The standard InChI is InChI=1S/C37H34O15/c1-3-31(39)44-18-4-5-19-45-37(43)51-28-16-10-24(11-17-28)35(41)49-26-12-6-23(7-13-26)34(40)50-27-14-8-25(9-15-27)36(42)52-30-21-47-32-29(48-22(2)38)20-46-33(30)32/h3,6-17,29-30,32-33H,1,4-5,18-21H2,2H3/t29-,30-,32?,33?/m0/s1. The number of carbonyl (C=O) groups excluding carboxylic acids is 6. The molecule has 0 aromatic heterocycles. The maximum Gasteiger partial charge on any atom is 0.513 e. The van der Waals surface area contributed by atoms with Crippen molar-refractivity contribution in [3.05, 3.63) is 102 Å². The SMILES string of the molecule is C=CC(=O)OCCCCOC(=O)Oc1ccc(C(=O)Oc2ccc(C(=O)Oc3ccc(C(=O)O[C@H]4COC5C4OC[C@@H]5OC(C)=O)cc3)cc2)cc1. The highest BCUT2D eigenvalue weighted by Gasteiger charge is 2.51. The van der Waals surface area contributed by atoms with Gasteiger partial charge in [-0.05, 0) is 85.6 Å². The first-order chi connectivity index (χ1) is 25.1. The van der Waals surface area contributed by atoms with Crippen LogP contribution in [0, 0.1) is 0 Å². The van der Waals surface area contributed by atoms with Crippen LogP contribution in [0.2, 0.25) is 0 Å². The third-order valence-corrected chi connectivity index (χ3v) is 7.60. The first kappa shape index (κ1) is 37.2. The molecule has 2 unspecified atom stereocenters. The van der Waals surface area contributed by atoms with E-state index >= 15 is 0 Å². The van der Waals surface area contributed by atoms with Crippen molar-refractivity contribution >= 4 is 36.0 Å². The predicted octanol–water partition coefficient (Wildman–Crippen LogP) is 4.40. The Morgan fingerprint density at radius 3 is 1.50 bits per heavy atom. The van der Waals surface area contributed by atoms with Crippen molar-refractivity contribution in [3.8, 4) is 17.2 Å². The molecule has 2 saturated heterocycles. The molecule has 4 atom stereocenters. The molecule has 272 valence electrons. The van der Waals surface area contributed by atoms with Crippen LogP contribution in [0.4, 0.5) is 4.79 Å². The van der Waals surface area contributed by atoms with E-state index in [1.54, 1.807) is 0 Å². The molecule has 15 heteroatoms. The van der Waals surface area contributed by atoms with Gasteiger partial charge < -0.3 is 42.6 Å². The van der Waals surface area contributed by atoms with Crippen molar-refractivity contribution in [3.63, 3.8) is 0 Å². The fraction of sp³-hybridized carbons (Fsp3) is 0.297. The van der Waals surface area contributed by atoms with Crippen LogP contribution < -0.4 is 14.2 Å². The molecule has 0 amide bonds. The molecule has 15 nitrogen and oxygen atoms in total. The molecule has 3 aromatic carbocycles. The zero-order valence-corrected chi connectivity index (χ0v) is 27.9. The van der Waals surface area contributed by atoms with Gasteiger partial charge in [-0.15, -0.1) is 0 Å². The largest absolute Gasteiger partial charge is 0.513 e. The van der Waals surface area contributed by atoms with E-state index in [4.69, 9.17) is 42.6 Å². The van der Waals surface area contributed by atoms with Crippen molar-refractivity contribution in [2.75, 3.05) is 26.4 Å². The van der Waals surface area contributed by atoms with Gasteiger partial charge in [-0.1, -0.05) is 6.58 Å². The van der Waals surface area contributed by atoms with Crippen molar-refractivity contribution < 1.29 is 71.4 Å². The second-order valence-corrected chi connectivity index (χ2v) is 11.3. The quantitative estimate of drug-likeness (QED) is 0.0570. The van der Waals surface area contributed by atoms with E-state index in [0.29, 0.717) is 12.8 Å². The van der Waals surface area contributed by atoms with Gasteiger partial charge in [0.15, 0.2) is 12.2 Å². The van der Waals surface area contributed by atoms with E-state index in [1.807, 2.05) is 0 Å². The molecule has 0 saturated carbocycles. The molecule has 0 N–H and O–H groups in total. The second kappa shape index (κ2) is 17.7. The molecule has 0 spiro atoms. The van der Waals surface area contributed by atoms with E-state index in [0.717, 1.165) is 6.08 Å². The number of ether oxygens (including phenoxy) is 9. The van der Waals surface area contributed by atoms with Gasteiger partial charge >= 0.3 is 36.0 Å². The van der Waals surface area contributed by atoms with Crippen LogP contribution in [0.1, 0.15) is 50.8 Å². The lowest BCUT2D eigenvalue weighted by molar-refractivity contribution is -0.151. The van der Waals surface area contributed by atoms with Gasteiger partial charge in [0.1, 0.15) is 29.5 Å². The van der Waals surface area contributed by atoms with E-state index in [1.165, 1.54) is 79.7 Å². The fourth-order valence-electron chi connectivity index (χ4n) is 5.08. The second-order valence-electron chi connectivity index (χ2n) is 11.3. The Morgan fingerprint density at radius 2 is 1.04 bits per heavy atom. The Kier molecular flexibility index (Phi) is 12.7. The maximum atomic E-state index is 12.7. The van der Waals surface area contributed by atoms with Crippen LogP contribution in [0.25, 0.3) is 0 Å². The van der Waals surface area contributed by atoms with E-state index < -0.39 is 60.4 Å². The minimum atomic E-state index is -0.930. The van der Waals surface area contributed by atoms with E-state index in [2.05, 4.69) is 6.58 Å². The molecule has 0 bridgehead atoms. The summed E-state index contributed by atoms with van der Waals surface area (Å²) in [5.41, 5.74) is 0.556. The summed E-state index contributed by atoms with van der Waals surface area (Å²) in [6.07, 6.45) is -1.23. The number of unbranched alkanes of at least 4 members (excludes halogenated alkanes) is 1. The molecule has 0 radical (unpaired) electrons. The Balaban J connectivity index is 1.03. The molecule has 2 aliphatic rings. The van der Waals surface area contributed by atoms with Gasteiger partial charge in [-0.25, -0.2) is 24.0 Å². The summed E-state index contributed by atoms with van der Waals surface area (Å²) < 4.78 is 47.7. The first-order valence-corrected chi connectivity index (χ1v) is 16.1. The van der Waals surface area contributed by atoms with E-state index in [-0.39, 0.29) is 60.4 Å². The highest BCUT2D eigenvalue weighted by molar-refractivity contribution is 5.93. The van der Waals surface area contributed by atoms with Crippen molar-refractivity contribution in [1.82, 2.24) is 0 Å². The Morgan fingerprint density at radius 1 is 0.615 bits per heavy atom. The van der Waals surface area contributed by atoms with Crippen molar-refractivity contribution in [2.24, 2.45) is 0 Å². The summed E-state index contributed by atoms with van der Waals surface area (Å²) in [6, 6.07) is 17.0. The normalized spacial score (nSPS) is 18.6. The Hall–Kier alpha value is -6.06. The lowest BCUT2D eigenvalue weighted by Gasteiger charge is -2.17. The monoisotopic (exact) mass is 718 g/mol. The lowest BCUT2D eigenvalue weighted by atomic mass is 10.1. The van der Waals surface area contributed by atoms with Crippen LogP contribution in [0.5, 0.6) is 17.2 Å². The fourth-order valence-corrected chi connectivity index (χ4v) is 5.08. The minimum Gasteiger partial charge on any atom is -0.463 e. The van der Waals surface area contributed by atoms with Gasteiger partial charge in [0.25, 0.3) is 0 Å². The molecule has 5 rings (SSSR count). The minimum absolute atomic E-state index is 0.0645. The van der Waals surface area contributed by atoms with Crippen LogP contribution in [-0.4, -0.2) is 86.8 Å². The van der Waals surface area contributed by atoms with Crippen LogP contribution in [-0.2, 0) is 38.0 Å². The predicted molar refractivity (Wildman–Crippen MR) is 176 cm³/mol. The van der Waals surface area contributed by atoms with Gasteiger partial charge in [-0.3, -0.25) is 4.79 Å². The van der Waals surface area contributed by atoms with Crippen LogP contribution in [0.3, 0.4) is 0 Å². The topological polar surface area (TPSA) is 185 Å².